The Balaban J connectivity index is 2.22. The van der Waals surface area contributed by atoms with Crippen molar-refractivity contribution >= 4 is 50.5 Å². The number of benzene rings is 1. The number of carbonyl (C=O) groups excluding carboxylic acids is 1. The van der Waals surface area contributed by atoms with Crippen LogP contribution >= 0.6 is 38.9 Å². The van der Waals surface area contributed by atoms with Gasteiger partial charge in [0.1, 0.15) is 4.88 Å². The van der Waals surface area contributed by atoms with Gasteiger partial charge >= 0.3 is 0 Å². The lowest BCUT2D eigenvalue weighted by Crippen LogP contribution is -2.11. The number of thiophene rings is 1. The van der Waals surface area contributed by atoms with E-state index >= 15 is 0 Å². The fraction of sp³-hybridized carbons (Fsp3) is 0.0833. The molecule has 0 fully saturated rings. The maximum absolute atomic E-state index is 11.9. The topological polar surface area (TPSA) is 29.1 Å². The van der Waals surface area contributed by atoms with Crippen LogP contribution in [0.25, 0.3) is 0 Å². The van der Waals surface area contributed by atoms with Crippen molar-refractivity contribution in [2.45, 2.75) is 6.92 Å². The molecule has 0 bridgehead atoms. The van der Waals surface area contributed by atoms with Gasteiger partial charge in [0.25, 0.3) is 5.91 Å². The number of anilines is 1. The van der Waals surface area contributed by atoms with E-state index in [4.69, 9.17) is 11.6 Å². The summed E-state index contributed by atoms with van der Waals surface area (Å²) in [5.41, 5.74) is 1.79. The molecule has 0 atom stereocenters. The largest absolute Gasteiger partial charge is 0.321 e. The van der Waals surface area contributed by atoms with Gasteiger partial charge in [-0.1, -0.05) is 27.5 Å². The highest BCUT2D eigenvalue weighted by atomic mass is 79.9. The Hall–Kier alpha value is -0.840. The summed E-state index contributed by atoms with van der Waals surface area (Å²) in [5, 5.41) is 5.13. The Labute approximate surface area is 117 Å². The first-order chi connectivity index (χ1) is 8.08. The number of amides is 1. The molecule has 0 aliphatic rings. The zero-order chi connectivity index (χ0) is 12.4. The molecule has 1 aromatic heterocycles. The van der Waals surface area contributed by atoms with Crippen LogP contribution in [0, 0.1) is 6.92 Å². The van der Waals surface area contributed by atoms with Crippen molar-refractivity contribution in [1.82, 2.24) is 0 Å². The van der Waals surface area contributed by atoms with E-state index in [1.54, 1.807) is 11.4 Å². The molecule has 0 unspecified atom stereocenters. The fourth-order valence-corrected chi connectivity index (χ4v) is 2.91. The van der Waals surface area contributed by atoms with Crippen LogP contribution in [0.1, 0.15) is 15.2 Å². The van der Waals surface area contributed by atoms with Gasteiger partial charge in [-0.3, -0.25) is 4.79 Å². The molecular weight excluding hydrogens is 322 g/mol. The summed E-state index contributed by atoms with van der Waals surface area (Å²) >= 11 is 10.6. The number of hydrogen-bond acceptors (Lipinski definition) is 2. The van der Waals surface area contributed by atoms with Gasteiger partial charge in [-0.05, 0) is 42.1 Å². The average Bonchev–Trinajstić information content (AvgIpc) is 2.68. The number of hydrogen-bond donors (Lipinski definition) is 1. The zero-order valence-electron chi connectivity index (χ0n) is 8.96. The first-order valence-electron chi connectivity index (χ1n) is 4.88. The van der Waals surface area contributed by atoms with Gasteiger partial charge in [0.05, 0.1) is 5.02 Å². The number of halogens is 2. The van der Waals surface area contributed by atoms with Crippen LogP contribution in [0.4, 0.5) is 5.69 Å². The fourth-order valence-electron chi connectivity index (χ4n) is 1.40. The molecule has 1 aromatic carbocycles. The normalized spacial score (nSPS) is 10.3. The SMILES string of the molecule is Cc1cc(Br)ccc1NC(=O)c1sccc1Cl. The minimum atomic E-state index is -0.171. The molecule has 0 radical (unpaired) electrons. The van der Waals surface area contributed by atoms with Crippen LogP contribution in [-0.2, 0) is 0 Å². The molecular formula is C12H9BrClNOS. The molecule has 2 nitrogen and oxygen atoms in total. The van der Waals surface area contributed by atoms with Crippen LogP contribution in [0.5, 0.6) is 0 Å². The quantitative estimate of drug-likeness (QED) is 0.847. The highest BCUT2D eigenvalue weighted by Gasteiger charge is 2.12. The second-order valence-electron chi connectivity index (χ2n) is 3.51. The summed E-state index contributed by atoms with van der Waals surface area (Å²) in [5.74, 6) is -0.171. The van der Waals surface area contributed by atoms with E-state index in [0.717, 1.165) is 15.7 Å². The summed E-state index contributed by atoms with van der Waals surface area (Å²) in [6.07, 6.45) is 0. The number of carbonyl (C=O) groups is 1. The van der Waals surface area contributed by atoms with Gasteiger partial charge in [0.2, 0.25) is 0 Å². The lowest BCUT2D eigenvalue weighted by atomic mass is 10.2. The van der Waals surface area contributed by atoms with Crippen molar-refractivity contribution in [3.8, 4) is 0 Å². The maximum Gasteiger partial charge on any atom is 0.267 e. The highest BCUT2D eigenvalue weighted by Crippen LogP contribution is 2.25. The van der Waals surface area contributed by atoms with E-state index in [1.807, 2.05) is 25.1 Å². The molecule has 0 aliphatic carbocycles. The Kier molecular flexibility index (Phi) is 3.86. The minimum absolute atomic E-state index is 0.171. The molecule has 0 spiro atoms. The Bertz CT molecular complexity index is 567. The molecule has 1 heterocycles. The third-order valence-electron chi connectivity index (χ3n) is 2.26. The summed E-state index contributed by atoms with van der Waals surface area (Å²) in [4.78, 5) is 12.5. The van der Waals surface area contributed by atoms with Gasteiger partial charge in [0.15, 0.2) is 0 Å². The first-order valence-corrected chi connectivity index (χ1v) is 6.93. The lowest BCUT2D eigenvalue weighted by molar-refractivity contribution is 0.103. The standard InChI is InChI=1S/C12H9BrClNOS/c1-7-6-8(13)2-3-10(7)15-12(16)11-9(14)4-5-17-11/h2-6H,1H3,(H,15,16). The summed E-state index contributed by atoms with van der Waals surface area (Å²) < 4.78 is 0.988. The molecule has 0 saturated carbocycles. The van der Waals surface area contributed by atoms with E-state index in [9.17, 15) is 4.79 Å². The number of rotatable bonds is 2. The van der Waals surface area contributed by atoms with E-state index in [2.05, 4.69) is 21.2 Å². The van der Waals surface area contributed by atoms with Gasteiger partial charge in [-0.15, -0.1) is 11.3 Å². The number of nitrogens with one attached hydrogen (secondary N) is 1. The van der Waals surface area contributed by atoms with Gasteiger partial charge in [-0.2, -0.15) is 0 Å². The number of aryl methyl sites for hydroxylation is 1. The van der Waals surface area contributed by atoms with E-state index < -0.39 is 0 Å². The molecule has 2 rings (SSSR count). The van der Waals surface area contributed by atoms with Crippen molar-refractivity contribution in [2.75, 3.05) is 5.32 Å². The predicted octanol–water partition coefficient (Wildman–Crippen LogP) is 4.72. The molecule has 17 heavy (non-hydrogen) atoms. The van der Waals surface area contributed by atoms with Crippen LogP contribution in [0.15, 0.2) is 34.1 Å². The molecule has 1 amide bonds. The lowest BCUT2D eigenvalue weighted by Gasteiger charge is -2.07. The van der Waals surface area contributed by atoms with Crippen molar-refractivity contribution in [3.63, 3.8) is 0 Å². The molecule has 5 heteroatoms. The van der Waals surface area contributed by atoms with Gasteiger partial charge < -0.3 is 5.32 Å². The van der Waals surface area contributed by atoms with Crippen molar-refractivity contribution in [1.29, 1.82) is 0 Å². The van der Waals surface area contributed by atoms with Crippen LogP contribution < -0.4 is 5.32 Å². The Morgan fingerprint density at radius 2 is 2.18 bits per heavy atom. The van der Waals surface area contributed by atoms with E-state index in [1.165, 1.54) is 11.3 Å². The zero-order valence-corrected chi connectivity index (χ0v) is 12.1. The molecule has 0 aliphatic heterocycles. The molecule has 0 saturated heterocycles. The van der Waals surface area contributed by atoms with Crippen LogP contribution in [0.2, 0.25) is 5.02 Å². The van der Waals surface area contributed by atoms with Gasteiger partial charge in [0, 0.05) is 10.2 Å². The van der Waals surface area contributed by atoms with Crippen molar-refractivity contribution in [3.05, 3.63) is 49.6 Å². The second-order valence-corrected chi connectivity index (χ2v) is 5.75. The molecule has 88 valence electrons. The molecule has 1 N–H and O–H groups in total. The second kappa shape index (κ2) is 5.21. The third-order valence-corrected chi connectivity index (χ3v) is 4.09. The monoisotopic (exact) mass is 329 g/mol. The Morgan fingerprint density at radius 3 is 2.76 bits per heavy atom. The predicted molar refractivity (Wildman–Crippen MR) is 76.2 cm³/mol. The van der Waals surface area contributed by atoms with Gasteiger partial charge in [-0.25, -0.2) is 0 Å². The van der Waals surface area contributed by atoms with Crippen molar-refractivity contribution < 1.29 is 4.79 Å². The molecule has 2 aromatic rings. The van der Waals surface area contributed by atoms with Crippen LogP contribution in [-0.4, -0.2) is 5.91 Å². The first kappa shape index (κ1) is 12.6. The highest BCUT2D eigenvalue weighted by molar-refractivity contribution is 9.10. The summed E-state index contributed by atoms with van der Waals surface area (Å²) in [6, 6.07) is 7.42. The summed E-state index contributed by atoms with van der Waals surface area (Å²) in [7, 11) is 0. The van der Waals surface area contributed by atoms with E-state index in [-0.39, 0.29) is 5.91 Å². The van der Waals surface area contributed by atoms with Crippen LogP contribution in [0.3, 0.4) is 0 Å². The smallest absolute Gasteiger partial charge is 0.267 e. The average molecular weight is 331 g/mol. The Morgan fingerprint density at radius 1 is 1.41 bits per heavy atom. The minimum Gasteiger partial charge on any atom is -0.321 e. The van der Waals surface area contributed by atoms with E-state index in [0.29, 0.717) is 9.90 Å². The maximum atomic E-state index is 11.9. The van der Waals surface area contributed by atoms with Crippen molar-refractivity contribution in [2.24, 2.45) is 0 Å². The summed E-state index contributed by atoms with van der Waals surface area (Å²) in [6.45, 7) is 1.94. The third kappa shape index (κ3) is 2.89.